The summed E-state index contributed by atoms with van der Waals surface area (Å²) in [6.07, 6.45) is 1.25. The summed E-state index contributed by atoms with van der Waals surface area (Å²) in [6.45, 7) is 8.43. The fourth-order valence-corrected chi connectivity index (χ4v) is 0.995. The topological polar surface area (TPSA) is 0 Å². The Labute approximate surface area is 87.8 Å². The summed E-state index contributed by atoms with van der Waals surface area (Å²) in [6, 6.07) is 10.3. The van der Waals surface area contributed by atoms with Crippen LogP contribution in [-0.4, -0.2) is 0 Å². The number of thiol groups is 1. The summed E-state index contributed by atoms with van der Waals surface area (Å²) in [5, 5.41) is 0. The Morgan fingerprint density at radius 3 is 1.69 bits per heavy atom. The molecule has 0 atom stereocenters. The van der Waals surface area contributed by atoms with Gasteiger partial charge in [-0.15, -0.1) is 0 Å². The zero-order valence-corrected chi connectivity index (χ0v) is 9.94. The normalized spacial score (nSPS) is 10.2. The van der Waals surface area contributed by atoms with E-state index >= 15 is 0 Å². The highest BCUT2D eigenvalue weighted by molar-refractivity contribution is 7.81. The van der Waals surface area contributed by atoms with Crippen LogP contribution in [0, 0.1) is 0 Å². The van der Waals surface area contributed by atoms with Crippen LogP contribution >= 0.6 is 12.6 Å². The van der Waals surface area contributed by atoms with Crippen LogP contribution in [-0.2, 0) is 4.75 Å². The van der Waals surface area contributed by atoms with Gasteiger partial charge in [0.25, 0.3) is 0 Å². The maximum absolute atomic E-state index is 4.44. The van der Waals surface area contributed by atoms with Gasteiger partial charge in [-0.25, -0.2) is 0 Å². The molecular formula is C12H20S. The molecule has 0 saturated carbocycles. The van der Waals surface area contributed by atoms with Crippen LogP contribution in [0.5, 0.6) is 0 Å². The minimum absolute atomic E-state index is 0.0126. The molecule has 0 aliphatic heterocycles. The van der Waals surface area contributed by atoms with Crippen molar-refractivity contribution in [3.8, 4) is 0 Å². The van der Waals surface area contributed by atoms with Crippen LogP contribution in [0.3, 0.4) is 0 Å². The highest BCUT2D eigenvalue weighted by Gasteiger charge is 2.12. The number of benzene rings is 1. The van der Waals surface area contributed by atoms with E-state index in [1.807, 2.05) is 18.2 Å². The first-order chi connectivity index (χ1) is 6.02. The highest BCUT2D eigenvalue weighted by atomic mass is 32.1. The van der Waals surface area contributed by atoms with Crippen LogP contribution in [0.1, 0.15) is 39.7 Å². The predicted molar refractivity (Wildman–Crippen MR) is 64.4 cm³/mol. The quantitative estimate of drug-likeness (QED) is 0.637. The Balaban J connectivity index is 0.000000424. The molecule has 0 aliphatic carbocycles. The first kappa shape index (κ1) is 12.6. The van der Waals surface area contributed by atoms with Crippen molar-refractivity contribution in [2.24, 2.45) is 0 Å². The van der Waals surface area contributed by atoms with Crippen LogP contribution in [0.15, 0.2) is 30.3 Å². The van der Waals surface area contributed by atoms with E-state index in [-0.39, 0.29) is 4.75 Å². The third-order valence-corrected chi connectivity index (χ3v) is 1.74. The summed E-state index contributed by atoms with van der Waals surface area (Å²) in [5.41, 5.74) is 1.26. The van der Waals surface area contributed by atoms with E-state index < -0.39 is 0 Å². The molecule has 0 N–H and O–H groups in total. The Kier molecular flexibility index (Phi) is 5.89. The molecule has 1 aromatic rings. The highest BCUT2D eigenvalue weighted by Crippen LogP contribution is 2.25. The lowest BCUT2D eigenvalue weighted by Crippen LogP contribution is -2.06. The van der Waals surface area contributed by atoms with Crippen LogP contribution in [0.2, 0.25) is 0 Å². The van der Waals surface area contributed by atoms with E-state index in [4.69, 9.17) is 0 Å². The van der Waals surface area contributed by atoms with Gasteiger partial charge < -0.3 is 0 Å². The smallest absolute Gasteiger partial charge is 0.0322 e. The molecule has 0 radical (unpaired) electrons. The van der Waals surface area contributed by atoms with Gasteiger partial charge in [-0.2, -0.15) is 12.6 Å². The van der Waals surface area contributed by atoms with Gasteiger partial charge >= 0.3 is 0 Å². The standard InChI is InChI=1S/C9H12S.C3H8/c1-9(2,10)8-6-4-3-5-7-8;1-3-2/h3-7,10H,1-2H3;3H2,1-2H3. The monoisotopic (exact) mass is 196 g/mol. The summed E-state index contributed by atoms with van der Waals surface area (Å²) < 4.78 is -0.0126. The van der Waals surface area contributed by atoms with E-state index in [9.17, 15) is 0 Å². The van der Waals surface area contributed by atoms with Crippen molar-refractivity contribution in [3.05, 3.63) is 35.9 Å². The van der Waals surface area contributed by atoms with E-state index in [2.05, 4.69) is 52.5 Å². The first-order valence-electron chi connectivity index (χ1n) is 4.80. The van der Waals surface area contributed by atoms with E-state index in [0.29, 0.717) is 0 Å². The molecule has 1 aromatic carbocycles. The van der Waals surface area contributed by atoms with Gasteiger partial charge in [0.1, 0.15) is 0 Å². The maximum Gasteiger partial charge on any atom is 0.0322 e. The molecule has 0 heterocycles. The second-order valence-electron chi connectivity index (χ2n) is 3.63. The van der Waals surface area contributed by atoms with Crippen molar-refractivity contribution in [3.63, 3.8) is 0 Å². The van der Waals surface area contributed by atoms with Gasteiger partial charge in [-0.05, 0) is 19.4 Å². The van der Waals surface area contributed by atoms with Gasteiger partial charge in [0.2, 0.25) is 0 Å². The van der Waals surface area contributed by atoms with E-state index in [1.54, 1.807) is 0 Å². The molecule has 0 fully saturated rings. The van der Waals surface area contributed by atoms with Crippen LogP contribution in [0.4, 0.5) is 0 Å². The molecule has 74 valence electrons. The van der Waals surface area contributed by atoms with Gasteiger partial charge in [0, 0.05) is 4.75 Å². The number of hydrogen-bond acceptors (Lipinski definition) is 1. The molecular weight excluding hydrogens is 176 g/mol. The lowest BCUT2D eigenvalue weighted by Gasteiger charge is -2.16. The van der Waals surface area contributed by atoms with E-state index in [1.165, 1.54) is 12.0 Å². The molecule has 1 rings (SSSR count). The lowest BCUT2D eigenvalue weighted by molar-refractivity contribution is 0.791. The first-order valence-corrected chi connectivity index (χ1v) is 5.25. The van der Waals surface area contributed by atoms with Crippen molar-refractivity contribution in [1.82, 2.24) is 0 Å². The summed E-state index contributed by atoms with van der Waals surface area (Å²) in [7, 11) is 0. The average Bonchev–Trinajstić information content (AvgIpc) is 2.06. The molecule has 0 nitrogen and oxygen atoms in total. The van der Waals surface area contributed by atoms with Crippen molar-refractivity contribution in [1.29, 1.82) is 0 Å². The largest absolute Gasteiger partial charge is 0.168 e. The Morgan fingerprint density at radius 2 is 1.46 bits per heavy atom. The fourth-order valence-electron chi connectivity index (χ4n) is 0.846. The third-order valence-electron chi connectivity index (χ3n) is 1.48. The minimum atomic E-state index is -0.0126. The molecule has 0 aromatic heterocycles. The van der Waals surface area contributed by atoms with Crippen LogP contribution < -0.4 is 0 Å². The molecule has 1 heteroatoms. The third kappa shape index (κ3) is 5.75. The van der Waals surface area contributed by atoms with E-state index in [0.717, 1.165) is 0 Å². The molecule has 0 amide bonds. The van der Waals surface area contributed by atoms with Crippen molar-refractivity contribution in [2.45, 2.75) is 38.9 Å². The zero-order chi connectivity index (χ0) is 10.3. The Bertz CT molecular complexity index is 208. The second kappa shape index (κ2) is 6.09. The van der Waals surface area contributed by atoms with Gasteiger partial charge in [0.15, 0.2) is 0 Å². The van der Waals surface area contributed by atoms with Crippen LogP contribution in [0.25, 0.3) is 0 Å². The average molecular weight is 196 g/mol. The number of rotatable bonds is 1. The molecule has 0 saturated heterocycles. The lowest BCUT2D eigenvalue weighted by atomic mass is 10.0. The zero-order valence-electron chi connectivity index (χ0n) is 9.04. The number of hydrogen-bond donors (Lipinski definition) is 1. The summed E-state index contributed by atoms with van der Waals surface area (Å²) >= 11 is 4.44. The SMILES string of the molecule is CC(C)(S)c1ccccc1.CCC. The van der Waals surface area contributed by atoms with Gasteiger partial charge in [-0.1, -0.05) is 50.6 Å². The van der Waals surface area contributed by atoms with Crippen molar-refractivity contribution < 1.29 is 0 Å². The second-order valence-corrected chi connectivity index (χ2v) is 4.75. The van der Waals surface area contributed by atoms with Gasteiger partial charge in [0.05, 0.1) is 0 Å². The van der Waals surface area contributed by atoms with Gasteiger partial charge in [-0.3, -0.25) is 0 Å². The Morgan fingerprint density at radius 1 is 1.08 bits per heavy atom. The predicted octanol–water partition coefficient (Wildman–Crippen LogP) is 4.27. The minimum Gasteiger partial charge on any atom is -0.168 e. The van der Waals surface area contributed by atoms with Crippen molar-refractivity contribution in [2.75, 3.05) is 0 Å². The molecule has 0 aliphatic rings. The summed E-state index contributed by atoms with van der Waals surface area (Å²) in [5.74, 6) is 0. The molecule has 0 unspecified atom stereocenters. The maximum atomic E-state index is 4.44. The summed E-state index contributed by atoms with van der Waals surface area (Å²) in [4.78, 5) is 0. The fraction of sp³-hybridized carbons (Fsp3) is 0.500. The molecule has 13 heavy (non-hydrogen) atoms. The molecule has 0 spiro atoms. The molecule has 0 bridgehead atoms. The van der Waals surface area contributed by atoms with Crippen molar-refractivity contribution >= 4 is 12.6 Å². The Hall–Kier alpha value is -0.430.